The summed E-state index contributed by atoms with van der Waals surface area (Å²) in [5.74, 6) is -4.66. The number of hydrogen-bond donors (Lipinski definition) is 5. The number of esters is 1. The molecule has 6 atom stereocenters. The maximum atomic E-state index is 13.5. The van der Waals surface area contributed by atoms with E-state index in [1.165, 1.54) is 25.7 Å². The normalized spacial score (nSPS) is 20.2. The van der Waals surface area contributed by atoms with Gasteiger partial charge in [-0.2, -0.15) is 0 Å². The van der Waals surface area contributed by atoms with E-state index in [9.17, 15) is 34.2 Å². The molecule has 2 aromatic rings. The molecular weight excluding hydrogens is 522 g/mol. The molecule has 0 radical (unpaired) electrons. The average molecular weight is 558 g/mol. The molecule has 40 heavy (non-hydrogen) atoms. The standard InChI is InChI=1S/C27H35N5O8/c1-14(33)8-24(36)32-13-18(40-16(3)35)10-23(32)27(39)31-22(26(38)30-12-20(15(2)34)25(28)37)9-17-11-29-21-7-5-4-6-19(17)21/h4-7,11-12,14-15,18,20,22-23,29,33-34H,8-10,13H2,1-3H3,(H2,28,37)(H,31,39)/t14-,15-,18-,20?,22+,23+/m1/s1. The number of H-pyrrole nitrogens is 1. The molecule has 1 aromatic heterocycles. The monoisotopic (exact) mass is 557 g/mol. The van der Waals surface area contributed by atoms with Gasteiger partial charge in [-0.3, -0.25) is 24.0 Å². The quantitative estimate of drug-likeness (QED) is 0.181. The number of aromatic amines is 1. The van der Waals surface area contributed by atoms with Crippen LogP contribution in [0.1, 0.15) is 39.2 Å². The van der Waals surface area contributed by atoms with Gasteiger partial charge in [0, 0.05) is 43.1 Å². The first-order chi connectivity index (χ1) is 18.9. The summed E-state index contributed by atoms with van der Waals surface area (Å²) in [6.07, 6.45) is -0.463. The molecule has 1 aromatic carbocycles. The first-order valence-corrected chi connectivity index (χ1v) is 12.9. The lowest BCUT2D eigenvalue weighted by molar-refractivity contribution is -0.146. The van der Waals surface area contributed by atoms with Crippen molar-refractivity contribution in [3.05, 3.63) is 36.0 Å². The van der Waals surface area contributed by atoms with E-state index in [0.29, 0.717) is 5.56 Å². The minimum Gasteiger partial charge on any atom is -0.461 e. The lowest BCUT2D eigenvalue weighted by Gasteiger charge is -2.26. The minimum absolute atomic E-state index is 0.00000312. The molecule has 216 valence electrons. The van der Waals surface area contributed by atoms with Gasteiger partial charge in [0.05, 0.1) is 31.1 Å². The molecule has 0 aliphatic carbocycles. The second-order valence-electron chi connectivity index (χ2n) is 9.99. The van der Waals surface area contributed by atoms with Crippen LogP contribution < -0.4 is 11.1 Å². The summed E-state index contributed by atoms with van der Waals surface area (Å²) in [6.45, 7) is 3.94. The Hall–Kier alpha value is -4.10. The molecule has 1 unspecified atom stereocenters. The summed E-state index contributed by atoms with van der Waals surface area (Å²) in [5.41, 5.74) is 6.82. The maximum Gasteiger partial charge on any atom is 0.302 e. The van der Waals surface area contributed by atoms with Crippen molar-refractivity contribution in [1.82, 2.24) is 15.2 Å². The summed E-state index contributed by atoms with van der Waals surface area (Å²) in [5, 5.41) is 23.0. The maximum absolute atomic E-state index is 13.5. The molecule has 13 heteroatoms. The third kappa shape index (κ3) is 7.73. The SMILES string of the molecule is CC(=O)O[C@@H]1C[C@@H](C(=O)N[C@@H](Cc2c[nH]c3ccccc23)C(=O)N=CC(C(N)=O)[C@@H](C)O)N(C(=O)C[C@@H](C)O)C1. The fourth-order valence-corrected chi connectivity index (χ4v) is 4.68. The minimum atomic E-state index is -1.22. The first-order valence-electron chi connectivity index (χ1n) is 12.9. The number of primary amides is 1. The van der Waals surface area contributed by atoms with Gasteiger partial charge in [-0.25, -0.2) is 4.99 Å². The van der Waals surface area contributed by atoms with Crippen LogP contribution in [0.25, 0.3) is 10.9 Å². The number of rotatable bonds is 11. The van der Waals surface area contributed by atoms with E-state index >= 15 is 0 Å². The number of hydrogen-bond acceptors (Lipinski definition) is 8. The largest absolute Gasteiger partial charge is 0.461 e. The number of fused-ring (bicyclic) bond motifs is 1. The Bertz CT molecular complexity index is 1290. The summed E-state index contributed by atoms with van der Waals surface area (Å²) in [4.78, 5) is 70.9. The molecule has 1 aliphatic rings. The number of aliphatic imine (C=N–C) groups is 1. The average Bonchev–Trinajstić information content (AvgIpc) is 3.47. The van der Waals surface area contributed by atoms with Gasteiger partial charge in [-0.05, 0) is 25.5 Å². The third-order valence-electron chi connectivity index (χ3n) is 6.61. The highest BCUT2D eigenvalue weighted by Crippen LogP contribution is 2.24. The Labute approximate surface area is 230 Å². The topological polar surface area (TPSA) is 204 Å². The second kappa shape index (κ2) is 13.3. The van der Waals surface area contributed by atoms with Crippen LogP contribution >= 0.6 is 0 Å². The van der Waals surface area contributed by atoms with E-state index in [2.05, 4.69) is 15.3 Å². The van der Waals surface area contributed by atoms with Crippen molar-refractivity contribution in [3.8, 4) is 0 Å². The Kier molecular flexibility index (Phi) is 10.1. The van der Waals surface area contributed by atoms with Crippen LogP contribution in [-0.4, -0.2) is 92.8 Å². The Morgan fingerprint density at radius 3 is 2.55 bits per heavy atom. The van der Waals surface area contributed by atoms with E-state index in [-0.39, 0.29) is 25.8 Å². The van der Waals surface area contributed by atoms with E-state index in [0.717, 1.165) is 17.1 Å². The molecule has 1 saturated heterocycles. The van der Waals surface area contributed by atoms with Gasteiger partial charge in [-0.1, -0.05) is 18.2 Å². The van der Waals surface area contributed by atoms with E-state index < -0.39 is 65.9 Å². The highest BCUT2D eigenvalue weighted by molar-refractivity contribution is 6.00. The molecule has 0 saturated carbocycles. The Balaban J connectivity index is 1.89. The fraction of sp³-hybridized carbons (Fsp3) is 0.481. The zero-order chi connectivity index (χ0) is 29.6. The number of benzene rings is 1. The Morgan fingerprint density at radius 1 is 1.23 bits per heavy atom. The van der Waals surface area contributed by atoms with Crippen LogP contribution in [0.4, 0.5) is 0 Å². The van der Waals surface area contributed by atoms with Crippen molar-refractivity contribution in [2.45, 2.75) is 70.4 Å². The highest BCUT2D eigenvalue weighted by Gasteiger charge is 2.42. The summed E-state index contributed by atoms with van der Waals surface area (Å²) >= 11 is 0. The summed E-state index contributed by atoms with van der Waals surface area (Å²) in [6, 6.07) is 5.08. The van der Waals surface area contributed by atoms with Gasteiger partial charge < -0.3 is 35.9 Å². The van der Waals surface area contributed by atoms with Crippen LogP contribution in [0.5, 0.6) is 0 Å². The van der Waals surface area contributed by atoms with Crippen molar-refractivity contribution < 1.29 is 38.9 Å². The van der Waals surface area contributed by atoms with Crippen molar-refractivity contribution >= 4 is 46.7 Å². The fourth-order valence-electron chi connectivity index (χ4n) is 4.68. The van der Waals surface area contributed by atoms with Crippen molar-refractivity contribution in [3.63, 3.8) is 0 Å². The number of aromatic nitrogens is 1. The van der Waals surface area contributed by atoms with Crippen LogP contribution in [0, 0.1) is 5.92 Å². The molecule has 1 fully saturated rings. The lowest BCUT2D eigenvalue weighted by Crippen LogP contribution is -2.51. The predicted molar refractivity (Wildman–Crippen MR) is 144 cm³/mol. The Morgan fingerprint density at radius 2 is 1.93 bits per heavy atom. The van der Waals surface area contributed by atoms with Crippen LogP contribution in [0.15, 0.2) is 35.5 Å². The number of aliphatic hydroxyl groups is 2. The van der Waals surface area contributed by atoms with Crippen LogP contribution in [0.3, 0.4) is 0 Å². The number of aliphatic hydroxyl groups excluding tert-OH is 2. The zero-order valence-electron chi connectivity index (χ0n) is 22.6. The predicted octanol–water partition coefficient (Wildman–Crippen LogP) is -0.422. The van der Waals surface area contributed by atoms with E-state index in [1.54, 1.807) is 6.20 Å². The van der Waals surface area contributed by atoms with Crippen LogP contribution in [-0.2, 0) is 35.1 Å². The van der Waals surface area contributed by atoms with Crippen LogP contribution in [0.2, 0.25) is 0 Å². The van der Waals surface area contributed by atoms with Gasteiger partial charge in [0.1, 0.15) is 18.2 Å². The third-order valence-corrected chi connectivity index (χ3v) is 6.61. The van der Waals surface area contributed by atoms with Gasteiger partial charge in [0.2, 0.25) is 17.7 Å². The summed E-state index contributed by atoms with van der Waals surface area (Å²) < 4.78 is 5.24. The van der Waals surface area contributed by atoms with Crippen molar-refractivity contribution in [2.24, 2.45) is 16.6 Å². The molecule has 3 rings (SSSR count). The van der Waals surface area contributed by atoms with Gasteiger partial charge in [0.15, 0.2) is 0 Å². The van der Waals surface area contributed by atoms with Crippen molar-refractivity contribution in [2.75, 3.05) is 6.54 Å². The molecule has 4 amide bonds. The van der Waals surface area contributed by atoms with E-state index in [4.69, 9.17) is 10.5 Å². The number of nitrogens with zero attached hydrogens (tertiary/aromatic N) is 2. The number of carbonyl (C=O) groups excluding carboxylic acids is 5. The number of likely N-dealkylation sites (tertiary alicyclic amines) is 1. The molecule has 13 nitrogen and oxygen atoms in total. The van der Waals surface area contributed by atoms with Crippen molar-refractivity contribution in [1.29, 1.82) is 0 Å². The summed E-state index contributed by atoms with van der Waals surface area (Å²) in [7, 11) is 0. The molecule has 1 aliphatic heterocycles. The molecule has 0 spiro atoms. The molecule has 6 N–H and O–H groups in total. The molecule has 2 heterocycles. The first kappa shape index (κ1) is 30.4. The van der Waals surface area contributed by atoms with Gasteiger partial charge >= 0.3 is 5.97 Å². The highest BCUT2D eigenvalue weighted by atomic mass is 16.5. The number of nitrogens with one attached hydrogen (secondary N) is 2. The smallest absolute Gasteiger partial charge is 0.302 e. The number of nitrogens with two attached hydrogens (primary N) is 1. The lowest BCUT2D eigenvalue weighted by atomic mass is 10.0. The van der Waals surface area contributed by atoms with Gasteiger partial charge in [-0.15, -0.1) is 0 Å². The number of para-hydroxylation sites is 1. The molecule has 0 bridgehead atoms. The second-order valence-corrected chi connectivity index (χ2v) is 9.99. The van der Waals surface area contributed by atoms with E-state index in [1.807, 2.05) is 24.3 Å². The number of carbonyl (C=O) groups is 5. The number of amides is 4. The van der Waals surface area contributed by atoms with Gasteiger partial charge in [0.25, 0.3) is 5.91 Å². The number of ether oxygens (including phenoxy) is 1. The molecular formula is C27H35N5O8. The zero-order valence-corrected chi connectivity index (χ0v) is 22.6.